The predicted molar refractivity (Wildman–Crippen MR) is 121 cm³/mol. The summed E-state index contributed by atoms with van der Waals surface area (Å²) < 4.78 is 49.6. The van der Waals surface area contributed by atoms with Gasteiger partial charge in [0.1, 0.15) is 19.0 Å². The van der Waals surface area contributed by atoms with Gasteiger partial charge in [-0.15, -0.1) is 0 Å². The van der Waals surface area contributed by atoms with Gasteiger partial charge in [0.2, 0.25) is 0 Å². The Balaban J connectivity index is 1.77. The number of unbranched alkanes of at least 4 members (excludes halogenated alkanes) is 1. The summed E-state index contributed by atoms with van der Waals surface area (Å²) in [5, 5.41) is 0. The number of alkyl halides is 3. The van der Waals surface area contributed by atoms with Crippen LogP contribution in [0, 0.1) is 0 Å². The van der Waals surface area contributed by atoms with E-state index in [0.717, 1.165) is 12.8 Å². The Morgan fingerprint density at radius 2 is 1.74 bits per heavy atom. The van der Waals surface area contributed by atoms with E-state index >= 15 is 0 Å². The zero-order valence-corrected chi connectivity index (χ0v) is 19.5. The van der Waals surface area contributed by atoms with Crippen molar-refractivity contribution in [2.45, 2.75) is 65.6 Å². The maximum Gasteiger partial charge on any atom is 0.411 e. The zero-order valence-electron chi connectivity index (χ0n) is 19.5. The molecule has 0 fully saturated rings. The fourth-order valence-corrected chi connectivity index (χ4v) is 3.55. The Bertz CT molecular complexity index is 1280. The quantitative estimate of drug-likeness (QED) is 0.407. The number of hydrogen-bond acceptors (Lipinski definition) is 6. The molecule has 3 aromatic rings. The second-order valence-corrected chi connectivity index (χ2v) is 8.00. The minimum Gasteiger partial charge on any atom is -0.454 e. The van der Waals surface area contributed by atoms with Crippen LogP contribution >= 0.6 is 0 Å². The summed E-state index contributed by atoms with van der Waals surface area (Å²) in [6.07, 6.45) is -2.16. The number of carbonyl (C=O) groups is 1. The van der Waals surface area contributed by atoms with E-state index in [-0.39, 0.29) is 29.9 Å². The molecule has 2 heterocycles. The molecule has 0 amide bonds. The fourth-order valence-electron chi connectivity index (χ4n) is 3.55. The lowest BCUT2D eigenvalue weighted by Gasteiger charge is -2.09. The van der Waals surface area contributed by atoms with Crippen LogP contribution in [0.4, 0.5) is 13.2 Å². The topological polar surface area (TPSA) is 108 Å². The number of imidazole rings is 1. The molecule has 0 spiro atoms. The monoisotopic (exact) mass is 496 g/mol. The first-order valence-corrected chi connectivity index (χ1v) is 11.3. The van der Waals surface area contributed by atoms with Gasteiger partial charge in [0.25, 0.3) is 5.56 Å². The van der Waals surface area contributed by atoms with Gasteiger partial charge in [-0.25, -0.2) is 14.6 Å². The largest absolute Gasteiger partial charge is 0.454 e. The molecule has 1 aromatic carbocycles. The van der Waals surface area contributed by atoms with E-state index in [1.165, 1.54) is 28.8 Å². The standard InChI is InChI=1S/C23H27F3N4O5/c1-3-5-11-30-19-18(20(31)28-22(30)33)29(10-4-2)17(27-19)13-35-21(32)16-8-6-15(7-9-16)12-34-14-23(24,25)26/h6-9H,3-5,10-14H2,1-2H3,(H,28,31,33). The Labute approximate surface area is 198 Å². The average Bonchev–Trinajstić information content (AvgIpc) is 3.16. The SMILES string of the molecule is CCCCn1c(=O)[nH]c(=O)c2c1nc(COC(=O)c1ccc(COCC(F)(F)F)cc1)n2CCC. The molecule has 0 atom stereocenters. The van der Waals surface area contributed by atoms with Crippen molar-refractivity contribution in [1.29, 1.82) is 0 Å². The van der Waals surface area contributed by atoms with E-state index in [2.05, 4.69) is 14.7 Å². The van der Waals surface area contributed by atoms with Crippen molar-refractivity contribution in [3.05, 3.63) is 62.1 Å². The lowest BCUT2D eigenvalue weighted by atomic mass is 10.1. The molecule has 0 aliphatic rings. The predicted octanol–water partition coefficient (Wildman–Crippen LogP) is 3.53. The normalized spacial score (nSPS) is 11.8. The van der Waals surface area contributed by atoms with Crippen molar-refractivity contribution in [2.75, 3.05) is 6.61 Å². The van der Waals surface area contributed by atoms with Gasteiger partial charge in [-0.2, -0.15) is 13.2 Å². The van der Waals surface area contributed by atoms with Gasteiger partial charge in [0.05, 0.1) is 12.2 Å². The molecule has 35 heavy (non-hydrogen) atoms. The number of nitrogens with zero attached hydrogens (tertiary/aromatic N) is 3. The Morgan fingerprint density at radius 3 is 2.37 bits per heavy atom. The van der Waals surface area contributed by atoms with Crippen molar-refractivity contribution in [2.24, 2.45) is 0 Å². The van der Waals surface area contributed by atoms with E-state index in [4.69, 9.17) is 4.74 Å². The van der Waals surface area contributed by atoms with Crippen molar-refractivity contribution in [3.63, 3.8) is 0 Å². The van der Waals surface area contributed by atoms with Gasteiger partial charge in [-0.1, -0.05) is 32.4 Å². The molecule has 0 bridgehead atoms. The summed E-state index contributed by atoms with van der Waals surface area (Å²) in [4.78, 5) is 44.2. The minimum absolute atomic E-state index is 0.195. The van der Waals surface area contributed by atoms with Crippen LogP contribution in [0.15, 0.2) is 33.9 Å². The van der Waals surface area contributed by atoms with Crippen LogP contribution in [0.5, 0.6) is 0 Å². The summed E-state index contributed by atoms with van der Waals surface area (Å²) in [5.41, 5.74) is 0.0616. The number of H-pyrrole nitrogens is 1. The third-order valence-electron chi connectivity index (χ3n) is 5.20. The number of ether oxygens (including phenoxy) is 2. The van der Waals surface area contributed by atoms with E-state index in [1.54, 1.807) is 4.57 Å². The number of benzene rings is 1. The van der Waals surface area contributed by atoms with Gasteiger partial charge in [-0.3, -0.25) is 14.3 Å². The van der Waals surface area contributed by atoms with E-state index in [9.17, 15) is 27.6 Å². The van der Waals surface area contributed by atoms with Crippen LogP contribution in [-0.2, 0) is 35.8 Å². The van der Waals surface area contributed by atoms with Crippen LogP contribution in [0.2, 0.25) is 0 Å². The van der Waals surface area contributed by atoms with Gasteiger partial charge < -0.3 is 14.0 Å². The lowest BCUT2D eigenvalue weighted by Crippen LogP contribution is -2.31. The number of nitrogens with one attached hydrogen (secondary N) is 1. The number of rotatable bonds is 11. The van der Waals surface area contributed by atoms with E-state index in [1.807, 2.05) is 13.8 Å². The fraction of sp³-hybridized carbons (Fsp3) is 0.478. The first-order chi connectivity index (χ1) is 16.6. The number of aryl methyl sites for hydroxylation is 2. The summed E-state index contributed by atoms with van der Waals surface area (Å²) in [5.74, 6) is -0.339. The average molecular weight is 496 g/mol. The number of aromatic amines is 1. The molecule has 0 saturated heterocycles. The first kappa shape index (κ1) is 26.2. The number of aromatic nitrogens is 4. The minimum atomic E-state index is -4.41. The van der Waals surface area contributed by atoms with Gasteiger partial charge >= 0.3 is 17.8 Å². The van der Waals surface area contributed by atoms with Crippen LogP contribution in [0.3, 0.4) is 0 Å². The maximum absolute atomic E-state index is 12.5. The number of fused-ring (bicyclic) bond motifs is 1. The zero-order chi connectivity index (χ0) is 25.6. The van der Waals surface area contributed by atoms with Crippen LogP contribution in [0.1, 0.15) is 54.9 Å². The van der Waals surface area contributed by atoms with Crippen LogP contribution < -0.4 is 11.2 Å². The molecule has 9 nitrogen and oxygen atoms in total. The first-order valence-electron chi connectivity index (χ1n) is 11.3. The van der Waals surface area contributed by atoms with Gasteiger partial charge in [0.15, 0.2) is 11.2 Å². The van der Waals surface area contributed by atoms with Crippen molar-refractivity contribution < 1.29 is 27.4 Å². The highest BCUT2D eigenvalue weighted by Gasteiger charge is 2.27. The summed E-state index contributed by atoms with van der Waals surface area (Å²) >= 11 is 0. The summed E-state index contributed by atoms with van der Waals surface area (Å²) in [6.45, 7) is 2.90. The molecular weight excluding hydrogens is 469 g/mol. The smallest absolute Gasteiger partial charge is 0.411 e. The summed E-state index contributed by atoms with van der Waals surface area (Å²) in [6, 6.07) is 5.81. The van der Waals surface area contributed by atoms with Gasteiger partial charge in [-0.05, 0) is 30.5 Å². The van der Waals surface area contributed by atoms with Crippen LogP contribution in [-0.4, -0.2) is 37.9 Å². The molecular formula is C23H27F3N4O5. The van der Waals surface area contributed by atoms with E-state index < -0.39 is 30.0 Å². The second-order valence-electron chi connectivity index (χ2n) is 8.00. The Hall–Kier alpha value is -3.41. The number of halogens is 3. The third-order valence-corrected chi connectivity index (χ3v) is 5.20. The number of carbonyl (C=O) groups excluding carboxylic acids is 1. The molecule has 190 valence electrons. The Kier molecular flexibility index (Phi) is 8.49. The highest BCUT2D eigenvalue weighted by molar-refractivity contribution is 5.89. The van der Waals surface area contributed by atoms with Crippen LogP contribution in [0.25, 0.3) is 11.2 Å². The Morgan fingerprint density at radius 1 is 1.03 bits per heavy atom. The molecule has 0 aliphatic carbocycles. The van der Waals surface area contributed by atoms with Crippen molar-refractivity contribution in [1.82, 2.24) is 19.1 Å². The number of esters is 1. The molecule has 0 unspecified atom stereocenters. The molecule has 0 saturated carbocycles. The van der Waals surface area contributed by atoms with Crippen molar-refractivity contribution >= 4 is 17.1 Å². The molecule has 0 radical (unpaired) electrons. The highest BCUT2D eigenvalue weighted by Crippen LogP contribution is 2.17. The molecule has 2 aromatic heterocycles. The molecule has 1 N–H and O–H groups in total. The maximum atomic E-state index is 12.5. The van der Waals surface area contributed by atoms with E-state index in [0.29, 0.717) is 30.9 Å². The molecule has 0 aliphatic heterocycles. The molecule has 12 heteroatoms. The lowest BCUT2D eigenvalue weighted by molar-refractivity contribution is -0.176. The summed E-state index contributed by atoms with van der Waals surface area (Å²) in [7, 11) is 0. The highest BCUT2D eigenvalue weighted by atomic mass is 19.4. The molecule has 3 rings (SSSR count). The second kappa shape index (κ2) is 11.3. The van der Waals surface area contributed by atoms with Crippen molar-refractivity contribution in [3.8, 4) is 0 Å². The van der Waals surface area contributed by atoms with Gasteiger partial charge in [0, 0.05) is 13.1 Å². The third kappa shape index (κ3) is 6.59. The number of hydrogen-bond donors (Lipinski definition) is 1.